The molecule has 0 aromatic heterocycles. The number of carbonyl (C=O) groups excluding carboxylic acids is 1. The first kappa shape index (κ1) is 20.4. The van der Waals surface area contributed by atoms with Gasteiger partial charge in [0.2, 0.25) is 0 Å². The lowest BCUT2D eigenvalue weighted by molar-refractivity contribution is -0.110. The molecule has 0 N–H and O–H groups in total. The van der Waals surface area contributed by atoms with Crippen molar-refractivity contribution in [3.8, 4) is 5.75 Å². The van der Waals surface area contributed by atoms with Crippen molar-refractivity contribution < 1.29 is 9.53 Å². The van der Waals surface area contributed by atoms with Gasteiger partial charge in [0.15, 0.2) is 0 Å². The number of ether oxygens (including phenoxy) is 1. The molecule has 0 amide bonds. The number of hydrogen-bond acceptors (Lipinski definition) is 3. The summed E-state index contributed by atoms with van der Waals surface area (Å²) in [6, 6.07) is 13.1. The van der Waals surface area contributed by atoms with Crippen molar-refractivity contribution in [2.24, 2.45) is 17.3 Å². The van der Waals surface area contributed by atoms with Crippen molar-refractivity contribution in [2.45, 2.75) is 65.5 Å². The second-order valence-corrected chi connectivity index (χ2v) is 10.2. The molecular weight excluding hydrogens is 358 g/mol. The Labute approximate surface area is 175 Å². The number of carbonyl (C=O) groups is 1. The van der Waals surface area contributed by atoms with Crippen molar-refractivity contribution >= 4 is 17.1 Å². The first-order chi connectivity index (χ1) is 13.9. The highest BCUT2D eigenvalue weighted by molar-refractivity contribution is 5.88. The number of rotatable bonds is 5. The van der Waals surface area contributed by atoms with Crippen LogP contribution < -0.4 is 4.74 Å². The number of fused-ring (bicyclic) bond motifs is 1. The van der Waals surface area contributed by atoms with E-state index in [4.69, 9.17) is 4.74 Å². The lowest BCUT2D eigenvalue weighted by Gasteiger charge is -2.37. The molecule has 2 fully saturated rings. The van der Waals surface area contributed by atoms with E-state index in [0.717, 1.165) is 56.9 Å². The monoisotopic (exact) mass is 393 g/mol. The first-order valence-corrected chi connectivity index (χ1v) is 11.3. The summed E-state index contributed by atoms with van der Waals surface area (Å²) in [5, 5.41) is 2.45. The maximum absolute atomic E-state index is 11.0. The highest BCUT2D eigenvalue weighted by Gasteiger charge is 2.30. The van der Waals surface area contributed by atoms with Gasteiger partial charge in [0.25, 0.3) is 0 Å². The average molecular weight is 394 g/mol. The largest absolute Gasteiger partial charge is 0.490 e. The molecule has 3 nitrogen and oxygen atoms in total. The number of benzene rings is 2. The summed E-state index contributed by atoms with van der Waals surface area (Å²) in [4.78, 5) is 13.4. The van der Waals surface area contributed by atoms with Gasteiger partial charge in [-0.05, 0) is 73.1 Å². The van der Waals surface area contributed by atoms with Crippen LogP contribution >= 0.6 is 0 Å². The molecule has 0 radical (unpaired) electrons. The zero-order valence-electron chi connectivity index (χ0n) is 18.2. The molecule has 1 aliphatic heterocycles. The maximum atomic E-state index is 11.0. The highest BCUT2D eigenvalue weighted by Crippen LogP contribution is 2.39. The van der Waals surface area contributed by atoms with Crippen LogP contribution in [0.25, 0.3) is 10.8 Å². The molecular formula is C26H35NO2. The molecule has 0 bridgehead atoms. The third kappa shape index (κ3) is 4.83. The van der Waals surface area contributed by atoms with Crippen LogP contribution in [0.4, 0.5) is 0 Å². The van der Waals surface area contributed by atoms with Crippen molar-refractivity contribution in [1.29, 1.82) is 0 Å². The van der Waals surface area contributed by atoms with Gasteiger partial charge in [0, 0.05) is 24.4 Å². The molecule has 3 heteroatoms. The van der Waals surface area contributed by atoms with Gasteiger partial charge in [0.1, 0.15) is 12.0 Å². The second kappa shape index (κ2) is 8.47. The maximum Gasteiger partial charge on any atom is 0.127 e. The Kier molecular flexibility index (Phi) is 5.96. The molecule has 4 rings (SSSR count). The van der Waals surface area contributed by atoms with Gasteiger partial charge in [-0.3, -0.25) is 4.90 Å². The van der Waals surface area contributed by atoms with Crippen LogP contribution in [0.2, 0.25) is 0 Å². The molecule has 1 heterocycles. The van der Waals surface area contributed by atoms with E-state index in [1.807, 2.05) is 0 Å². The van der Waals surface area contributed by atoms with E-state index in [1.165, 1.54) is 29.2 Å². The normalized spacial score (nSPS) is 26.0. The molecule has 2 aromatic carbocycles. The van der Waals surface area contributed by atoms with Gasteiger partial charge in [-0.1, -0.05) is 45.0 Å². The van der Waals surface area contributed by atoms with E-state index >= 15 is 0 Å². The Bertz CT molecular complexity index is 845. The van der Waals surface area contributed by atoms with E-state index in [2.05, 4.69) is 62.1 Å². The summed E-state index contributed by atoms with van der Waals surface area (Å²) in [6.07, 6.45) is 7.28. The zero-order valence-corrected chi connectivity index (χ0v) is 18.2. The Balaban J connectivity index is 1.42. The zero-order chi connectivity index (χ0) is 20.4. The fourth-order valence-corrected chi connectivity index (χ4v) is 5.11. The van der Waals surface area contributed by atoms with E-state index in [1.54, 1.807) is 0 Å². The molecule has 1 saturated heterocycles. The van der Waals surface area contributed by atoms with E-state index < -0.39 is 0 Å². The van der Waals surface area contributed by atoms with Gasteiger partial charge < -0.3 is 9.53 Å². The second-order valence-electron chi connectivity index (χ2n) is 10.2. The first-order valence-electron chi connectivity index (χ1n) is 11.3. The van der Waals surface area contributed by atoms with Gasteiger partial charge in [-0.2, -0.15) is 0 Å². The summed E-state index contributed by atoms with van der Waals surface area (Å²) < 4.78 is 6.48. The molecule has 1 aliphatic carbocycles. The number of hydrogen-bond donors (Lipinski definition) is 0. The summed E-state index contributed by atoms with van der Waals surface area (Å²) in [6.45, 7) is 9.92. The van der Waals surface area contributed by atoms with Crippen LogP contribution in [-0.2, 0) is 11.3 Å². The van der Waals surface area contributed by atoms with Crippen LogP contribution in [0.1, 0.15) is 58.4 Å². The van der Waals surface area contributed by atoms with Gasteiger partial charge in [-0.25, -0.2) is 0 Å². The van der Waals surface area contributed by atoms with Crippen LogP contribution in [0.5, 0.6) is 5.75 Å². The van der Waals surface area contributed by atoms with Crippen LogP contribution in [0.15, 0.2) is 36.4 Å². The minimum atomic E-state index is 0.212. The Hall–Kier alpha value is -1.87. The molecule has 2 aromatic rings. The van der Waals surface area contributed by atoms with Gasteiger partial charge >= 0.3 is 0 Å². The average Bonchev–Trinajstić information content (AvgIpc) is 3.15. The summed E-state index contributed by atoms with van der Waals surface area (Å²) in [5.74, 6) is 2.04. The fraction of sp³-hybridized carbons (Fsp3) is 0.577. The standard InChI is InChI=1S/C26H35NO2/c1-26(2,3)22-8-10-23(11-9-22)29-25-6-4-5-21-15-19(7-12-24(21)25)16-27-14-13-20(17-27)18-28/h4-7,12,15,18,20,22-23H,8-11,13-14,16-17H2,1-3H3. The quantitative estimate of drug-likeness (QED) is 0.597. The van der Waals surface area contributed by atoms with Crippen LogP contribution in [-0.4, -0.2) is 30.4 Å². The molecule has 1 unspecified atom stereocenters. The van der Waals surface area contributed by atoms with Crippen molar-refractivity contribution in [3.05, 3.63) is 42.0 Å². The molecule has 1 saturated carbocycles. The number of nitrogens with zero attached hydrogens (tertiary/aromatic N) is 1. The fourth-order valence-electron chi connectivity index (χ4n) is 5.11. The molecule has 1 atom stereocenters. The summed E-state index contributed by atoms with van der Waals surface area (Å²) in [5.41, 5.74) is 1.72. The van der Waals surface area contributed by atoms with Crippen LogP contribution in [0.3, 0.4) is 0 Å². The summed E-state index contributed by atoms with van der Waals surface area (Å²) in [7, 11) is 0. The molecule has 29 heavy (non-hydrogen) atoms. The third-order valence-corrected chi connectivity index (χ3v) is 7.00. The lowest BCUT2D eigenvalue weighted by Crippen LogP contribution is -2.30. The van der Waals surface area contributed by atoms with Crippen LogP contribution in [0, 0.1) is 17.3 Å². The Morgan fingerprint density at radius 2 is 1.86 bits per heavy atom. The van der Waals surface area contributed by atoms with E-state index in [-0.39, 0.29) is 5.92 Å². The lowest BCUT2D eigenvalue weighted by atomic mass is 9.72. The van der Waals surface area contributed by atoms with E-state index in [9.17, 15) is 4.79 Å². The van der Waals surface area contributed by atoms with Gasteiger partial charge in [0.05, 0.1) is 6.10 Å². The van der Waals surface area contributed by atoms with Gasteiger partial charge in [-0.15, -0.1) is 0 Å². The Morgan fingerprint density at radius 1 is 1.07 bits per heavy atom. The third-order valence-electron chi connectivity index (χ3n) is 7.00. The predicted molar refractivity (Wildman–Crippen MR) is 119 cm³/mol. The SMILES string of the molecule is CC(C)(C)C1CCC(Oc2cccc3cc(CN4CCC(C=O)C4)ccc23)CC1. The Morgan fingerprint density at radius 3 is 2.55 bits per heavy atom. The molecule has 156 valence electrons. The topological polar surface area (TPSA) is 29.5 Å². The number of aldehydes is 1. The molecule has 0 spiro atoms. The predicted octanol–water partition coefficient (Wildman–Crippen LogP) is 5.84. The van der Waals surface area contributed by atoms with E-state index in [0.29, 0.717) is 11.5 Å². The minimum absolute atomic E-state index is 0.212. The van der Waals surface area contributed by atoms with Crippen molar-refractivity contribution in [2.75, 3.05) is 13.1 Å². The summed E-state index contributed by atoms with van der Waals surface area (Å²) >= 11 is 0. The highest BCUT2D eigenvalue weighted by atomic mass is 16.5. The van der Waals surface area contributed by atoms with Crippen molar-refractivity contribution in [1.82, 2.24) is 4.90 Å². The number of likely N-dealkylation sites (tertiary alicyclic amines) is 1. The minimum Gasteiger partial charge on any atom is -0.490 e. The molecule has 2 aliphatic rings. The van der Waals surface area contributed by atoms with Crippen molar-refractivity contribution in [3.63, 3.8) is 0 Å². The smallest absolute Gasteiger partial charge is 0.127 e.